The van der Waals surface area contributed by atoms with Crippen LogP contribution >= 0.6 is 0 Å². The highest BCUT2D eigenvalue weighted by molar-refractivity contribution is 5.67. The van der Waals surface area contributed by atoms with E-state index < -0.39 is 11.7 Å². The Kier molecular flexibility index (Phi) is 4.14. The molecule has 0 aliphatic heterocycles. The zero-order valence-corrected chi connectivity index (χ0v) is 12.5. The van der Waals surface area contributed by atoms with Gasteiger partial charge >= 0.3 is 6.18 Å². The van der Waals surface area contributed by atoms with Gasteiger partial charge in [0.2, 0.25) is 0 Å². The zero-order chi connectivity index (χ0) is 18.0. The maximum Gasteiger partial charge on any atom is 0.419 e. The molecule has 2 heterocycles. The summed E-state index contributed by atoms with van der Waals surface area (Å²) in [5, 5.41) is 21.4. The van der Waals surface area contributed by atoms with Crippen molar-refractivity contribution in [2.24, 2.45) is 0 Å². The summed E-state index contributed by atoms with van der Waals surface area (Å²) in [4.78, 5) is 11.6. The van der Waals surface area contributed by atoms with E-state index in [0.717, 1.165) is 12.4 Å². The molecule has 0 saturated carbocycles. The van der Waals surface area contributed by atoms with Crippen LogP contribution in [-0.4, -0.2) is 25.2 Å². The third-order valence-corrected chi connectivity index (χ3v) is 3.30. The molecule has 128 valence electrons. The number of aromatic nitrogens is 3. The maximum absolute atomic E-state index is 13.0. The van der Waals surface area contributed by atoms with Crippen LogP contribution in [0.3, 0.4) is 0 Å². The van der Waals surface area contributed by atoms with E-state index in [1.165, 1.54) is 36.5 Å². The third-order valence-electron chi connectivity index (χ3n) is 3.30. The minimum atomic E-state index is -4.56. The smallest absolute Gasteiger partial charge is 0.419 e. The molecule has 0 aliphatic carbocycles. The van der Waals surface area contributed by atoms with Crippen molar-refractivity contribution in [3.8, 4) is 22.8 Å². The van der Waals surface area contributed by atoms with Gasteiger partial charge in [-0.1, -0.05) is 0 Å². The Balaban J connectivity index is 1.94. The van der Waals surface area contributed by atoms with E-state index >= 15 is 0 Å². The van der Waals surface area contributed by atoms with Crippen molar-refractivity contribution >= 4 is 11.6 Å². The van der Waals surface area contributed by atoms with Crippen molar-refractivity contribution in [2.45, 2.75) is 6.18 Å². The normalized spacial score (nSPS) is 11.3. The number of halogens is 3. The molecule has 3 rings (SSSR count). The molecule has 9 heteroatoms. The molecule has 0 amide bonds. The van der Waals surface area contributed by atoms with E-state index in [0.29, 0.717) is 11.3 Å². The summed E-state index contributed by atoms with van der Waals surface area (Å²) in [6.45, 7) is 0. The number of hydrogen-bond donors (Lipinski definition) is 3. The van der Waals surface area contributed by atoms with Crippen LogP contribution in [0.2, 0.25) is 0 Å². The van der Waals surface area contributed by atoms with Crippen molar-refractivity contribution in [3.63, 3.8) is 0 Å². The highest BCUT2D eigenvalue weighted by Gasteiger charge is 2.34. The molecule has 6 nitrogen and oxygen atoms in total. The van der Waals surface area contributed by atoms with Gasteiger partial charge in [0.15, 0.2) is 11.5 Å². The van der Waals surface area contributed by atoms with Gasteiger partial charge in [0.05, 0.1) is 11.3 Å². The van der Waals surface area contributed by atoms with E-state index in [9.17, 15) is 23.4 Å². The summed E-state index contributed by atoms with van der Waals surface area (Å²) in [6, 6.07) is 7.57. The number of rotatable bonds is 3. The minimum absolute atomic E-state index is 0.0989. The first-order valence-electron chi connectivity index (χ1n) is 6.98. The molecule has 0 radical (unpaired) electrons. The minimum Gasteiger partial charge on any atom is -0.504 e. The second-order valence-corrected chi connectivity index (χ2v) is 5.01. The third kappa shape index (κ3) is 3.60. The number of alkyl halides is 3. The molecule has 0 aliphatic rings. The van der Waals surface area contributed by atoms with Gasteiger partial charge < -0.3 is 15.5 Å². The van der Waals surface area contributed by atoms with Gasteiger partial charge in [-0.2, -0.15) is 13.2 Å². The summed E-state index contributed by atoms with van der Waals surface area (Å²) >= 11 is 0. The van der Waals surface area contributed by atoms with Gasteiger partial charge in [-0.15, -0.1) is 0 Å². The fourth-order valence-corrected chi connectivity index (χ4v) is 2.12. The quantitative estimate of drug-likeness (QED) is 0.625. The van der Waals surface area contributed by atoms with Crippen LogP contribution in [0.1, 0.15) is 5.56 Å². The molecule has 0 saturated heterocycles. The number of phenols is 2. The number of nitrogens with one attached hydrogen (secondary N) is 1. The average Bonchev–Trinajstić information content (AvgIpc) is 2.57. The van der Waals surface area contributed by atoms with Crippen molar-refractivity contribution in [1.29, 1.82) is 0 Å². The summed E-state index contributed by atoms with van der Waals surface area (Å²) in [5.74, 6) is -0.913. The molecule has 2 aromatic heterocycles. The van der Waals surface area contributed by atoms with E-state index in [-0.39, 0.29) is 23.1 Å². The molecular weight excluding hydrogens is 337 g/mol. The molecule has 0 spiro atoms. The van der Waals surface area contributed by atoms with Gasteiger partial charge in [-0.05, 0) is 30.3 Å². The molecule has 3 aromatic rings. The highest BCUT2D eigenvalue weighted by Crippen LogP contribution is 2.35. The van der Waals surface area contributed by atoms with Crippen molar-refractivity contribution in [2.75, 3.05) is 5.32 Å². The first kappa shape index (κ1) is 16.5. The summed E-state index contributed by atoms with van der Waals surface area (Å²) in [7, 11) is 0. The topological polar surface area (TPSA) is 91.2 Å². The van der Waals surface area contributed by atoms with Crippen LogP contribution in [0.4, 0.5) is 24.8 Å². The van der Waals surface area contributed by atoms with E-state index in [1.807, 2.05) is 0 Å². The van der Waals surface area contributed by atoms with Crippen molar-refractivity contribution in [1.82, 2.24) is 15.0 Å². The summed E-state index contributed by atoms with van der Waals surface area (Å²) in [5.41, 5.74) is -0.118. The van der Waals surface area contributed by atoms with Gasteiger partial charge in [0.25, 0.3) is 0 Å². The lowest BCUT2D eigenvalue weighted by molar-refractivity contribution is -0.137. The summed E-state index contributed by atoms with van der Waals surface area (Å²) < 4.78 is 39.0. The Morgan fingerprint density at radius 1 is 0.920 bits per heavy atom. The first-order chi connectivity index (χ1) is 11.8. The Morgan fingerprint density at radius 2 is 1.72 bits per heavy atom. The molecule has 0 bridgehead atoms. The fraction of sp³-hybridized carbons (Fsp3) is 0.0625. The number of benzene rings is 1. The molecule has 0 unspecified atom stereocenters. The van der Waals surface area contributed by atoms with E-state index in [1.54, 1.807) is 0 Å². The van der Waals surface area contributed by atoms with E-state index in [2.05, 4.69) is 20.3 Å². The van der Waals surface area contributed by atoms with Crippen molar-refractivity contribution in [3.05, 3.63) is 54.5 Å². The average molecular weight is 348 g/mol. The van der Waals surface area contributed by atoms with Gasteiger partial charge in [0.1, 0.15) is 18.0 Å². The van der Waals surface area contributed by atoms with E-state index in [4.69, 9.17) is 0 Å². The van der Waals surface area contributed by atoms with Gasteiger partial charge in [-0.25, -0.2) is 15.0 Å². The lowest BCUT2D eigenvalue weighted by atomic mass is 10.1. The monoisotopic (exact) mass is 348 g/mol. The standard InChI is InChI=1S/C16H11F3N4O2/c17-16(18,19)10-2-1-5-20-15(10)23-14-7-11(21-8-22-14)9-3-4-12(24)13(25)6-9/h1-8,24-25H,(H,20,21,22,23). The zero-order valence-electron chi connectivity index (χ0n) is 12.5. The fourth-order valence-electron chi connectivity index (χ4n) is 2.12. The second-order valence-electron chi connectivity index (χ2n) is 5.01. The maximum atomic E-state index is 13.0. The van der Waals surface area contributed by atoms with Gasteiger partial charge in [-0.3, -0.25) is 0 Å². The summed E-state index contributed by atoms with van der Waals surface area (Å²) in [6.07, 6.45) is -2.16. The second kappa shape index (κ2) is 6.27. The molecular formula is C16H11F3N4O2. The molecule has 1 aromatic carbocycles. The molecule has 3 N–H and O–H groups in total. The number of hydrogen-bond acceptors (Lipinski definition) is 6. The van der Waals surface area contributed by atoms with Crippen LogP contribution in [0.15, 0.2) is 48.9 Å². The Morgan fingerprint density at radius 3 is 2.44 bits per heavy atom. The number of nitrogens with zero attached hydrogens (tertiary/aromatic N) is 3. The SMILES string of the molecule is Oc1ccc(-c2cc(Nc3ncccc3C(F)(F)F)ncn2)cc1O. The predicted molar refractivity (Wildman–Crippen MR) is 83.3 cm³/mol. The molecule has 0 atom stereocenters. The predicted octanol–water partition coefficient (Wildman–Crippen LogP) is 3.71. The van der Waals surface area contributed by atoms with Gasteiger partial charge in [0, 0.05) is 17.8 Å². The van der Waals surface area contributed by atoms with Crippen molar-refractivity contribution < 1.29 is 23.4 Å². The molecule has 0 fully saturated rings. The van der Waals surface area contributed by atoms with Crippen LogP contribution < -0.4 is 5.32 Å². The lowest BCUT2D eigenvalue weighted by Gasteiger charge is -2.13. The largest absolute Gasteiger partial charge is 0.504 e. The first-order valence-corrected chi connectivity index (χ1v) is 6.98. The molecule has 25 heavy (non-hydrogen) atoms. The highest BCUT2D eigenvalue weighted by atomic mass is 19.4. The lowest BCUT2D eigenvalue weighted by Crippen LogP contribution is -2.10. The number of phenolic OH excluding ortho intramolecular Hbond substituents is 2. The van der Waals surface area contributed by atoms with Crippen LogP contribution in [0, 0.1) is 0 Å². The number of anilines is 2. The Labute approximate surface area is 139 Å². The van der Waals surface area contributed by atoms with Crippen LogP contribution in [0.25, 0.3) is 11.3 Å². The van der Waals surface area contributed by atoms with Crippen LogP contribution in [-0.2, 0) is 6.18 Å². The number of pyridine rings is 1. The Hall–Kier alpha value is -3.36. The Bertz CT molecular complexity index is 916. The number of aromatic hydroxyl groups is 2. The van der Waals surface area contributed by atoms with Crippen LogP contribution in [0.5, 0.6) is 11.5 Å².